The van der Waals surface area contributed by atoms with Crippen LogP contribution < -0.4 is 4.74 Å². The summed E-state index contributed by atoms with van der Waals surface area (Å²) in [6.45, 7) is 2.50. The number of nitrogens with zero attached hydrogens (tertiary/aromatic N) is 3. The second-order valence-electron chi connectivity index (χ2n) is 9.94. The number of esters is 1. The number of pyridine rings is 1. The summed E-state index contributed by atoms with van der Waals surface area (Å²) in [5.41, 5.74) is 3.03. The Bertz CT molecular complexity index is 1290. The number of hydrogen-bond donors (Lipinski definition) is 1. The summed E-state index contributed by atoms with van der Waals surface area (Å²) in [7, 11) is 0. The number of H-pyrrole nitrogens is 1. The van der Waals surface area contributed by atoms with E-state index >= 15 is 0 Å². The highest BCUT2D eigenvalue weighted by molar-refractivity contribution is 5.94. The van der Waals surface area contributed by atoms with Crippen molar-refractivity contribution in [3.05, 3.63) is 53.5 Å². The maximum absolute atomic E-state index is 12.9. The quantitative estimate of drug-likeness (QED) is 0.440. The smallest absolute Gasteiger partial charge is 0.463 e. The lowest BCUT2D eigenvalue weighted by Crippen LogP contribution is -2.38. The molecule has 1 aliphatic heterocycles. The summed E-state index contributed by atoms with van der Waals surface area (Å²) >= 11 is 0. The van der Waals surface area contributed by atoms with E-state index in [4.69, 9.17) is 9.72 Å². The first-order valence-electron chi connectivity index (χ1n) is 12.8. The summed E-state index contributed by atoms with van der Waals surface area (Å²) in [4.78, 5) is 38.7. The molecule has 0 unspecified atom stereocenters. The minimum absolute atomic E-state index is 0.0270. The lowest BCUT2D eigenvalue weighted by atomic mass is 9.87. The van der Waals surface area contributed by atoms with Crippen molar-refractivity contribution in [1.82, 2.24) is 19.9 Å². The zero-order valence-electron chi connectivity index (χ0n) is 21.0. The van der Waals surface area contributed by atoms with Crippen molar-refractivity contribution in [2.24, 2.45) is 0 Å². The number of amides is 1. The van der Waals surface area contributed by atoms with Gasteiger partial charge in [-0.3, -0.25) is 9.59 Å². The van der Waals surface area contributed by atoms with Crippen LogP contribution in [-0.4, -0.2) is 57.3 Å². The van der Waals surface area contributed by atoms with Gasteiger partial charge in [-0.1, -0.05) is 0 Å². The molecule has 1 saturated heterocycles. The number of halogens is 3. The minimum Gasteiger partial charge on any atom is -0.463 e. The van der Waals surface area contributed by atoms with Crippen LogP contribution in [0.25, 0.3) is 11.2 Å². The first-order valence-corrected chi connectivity index (χ1v) is 12.8. The Balaban J connectivity index is 1.22. The number of alkyl halides is 3. The Hall–Kier alpha value is -3.63. The second-order valence-corrected chi connectivity index (χ2v) is 9.94. The van der Waals surface area contributed by atoms with Crippen LogP contribution in [0.5, 0.6) is 5.75 Å². The number of piperidine rings is 1. The van der Waals surface area contributed by atoms with Gasteiger partial charge < -0.3 is 19.4 Å². The molecular formula is C27H29F3N4O4. The Morgan fingerprint density at radius 1 is 0.974 bits per heavy atom. The average Bonchev–Trinajstić information content (AvgIpc) is 3.33. The molecule has 8 nitrogen and oxygen atoms in total. The molecule has 1 saturated carbocycles. The van der Waals surface area contributed by atoms with Gasteiger partial charge in [-0.05, 0) is 80.3 Å². The zero-order valence-corrected chi connectivity index (χ0v) is 21.0. The first kappa shape index (κ1) is 26.0. The Labute approximate surface area is 217 Å². The first-order chi connectivity index (χ1) is 18.2. The average molecular weight is 531 g/mol. The van der Waals surface area contributed by atoms with Crippen molar-refractivity contribution in [3.8, 4) is 5.75 Å². The Kier molecular flexibility index (Phi) is 7.27. The van der Waals surface area contributed by atoms with Crippen molar-refractivity contribution >= 4 is 23.0 Å². The summed E-state index contributed by atoms with van der Waals surface area (Å²) in [6.07, 6.45) is 1.86. The molecule has 1 N–H and O–H groups in total. The van der Waals surface area contributed by atoms with Crippen LogP contribution in [-0.2, 0) is 9.53 Å². The maximum atomic E-state index is 12.9. The molecule has 2 fully saturated rings. The predicted molar refractivity (Wildman–Crippen MR) is 132 cm³/mol. The zero-order chi connectivity index (χ0) is 26.9. The van der Waals surface area contributed by atoms with Crippen LogP contribution in [0.3, 0.4) is 0 Å². The van der Waals surface area contributed by atoms with E-state index in [0.29, 0.717) is 18.7 Å². The van der Waals surface area contributed by atoms with E-state index in [0.717, 1.165) is 73.2 Å². The Morgan fingerprint density at radius 2 is 1.66 bits per heavy atom. The van der Waals surface area contributed by atoms with Crippen LogP contribution in [0, 0.1) is 0 Å². The van der Waals surface area contributed by atoms with Gasteiger partial charge in [-0.2, -0.15) is 0 Å². The number of aromatic amines is 1. The molecule has 38 heavy (non-hydrogen) atoms. The van der Waals surface area contributed by atoms with Crippen LogP contribution in [0.1, 0.15) is 79.0 Å². The molecule has 2 aliphatic rings. The third kappa shape index (κ3) is 5.92. The summed E-state index contributed by atoms with van der Waals surface area (Å²) in [5, 5.41) is 0. The van der Waals surface area contributed by atoms with Crippen LogP contribution in [0.2, 0.25) is 0 Å². The number of carbonyl (C=O) groups excluding carboxylic acids is 2. The van der Waals surface area contributed by atoms with Gasteiger partial charge >= 0.3 is 12.3 Å². The van der Waals surface area contributed by atoms with E-state index in [1.807, 2.05) is 6.07 Å². The van der Waals surface area contributed by atoms with Gasteiger partial charge in [0.25, 0.3) is 5.91 Å². The van der Waals surface area contributed by atoms with Crippen molar-refractivity contribution in [2.75, 3.05) is 13.1 Å². The number of nitrogens with one attached hydrogen (secondary N) is 1. The molecule has 1 aromatic carbocycles. The number of hydrogen-bond acceptors (Lipinski definition) is 6. The van der Waals surface area contributed by atoms with Crippen LogP contribution in [0.4, 0.5) is 13.2 Å². The molecule has 5 rings (SSSR count). The number of likely N-dealkylation sites (tertiary alicyclic amines) is 1. The fraction of sp³-hybridized carbons (Fsp3) is 0.481. The maximum Gasteiger partial charge on any atom is 0.573 e. The molecular weight excluding hydrogens is 501 g/mol. The van der Waals surface area contributed by atoms with Crippen molar-refractivity contribution in [1.29, 1.82) is 0 Å². The second kappa shape index (κ2) is 10.6. The van der Waals surface area contributed by atoms with Gasteiger partial charge in [0, 0.05) is 37.7 Å². The number of benzene rings is 1. The Morgan fingerprint density at radius 3 is 2.29 bits per heavy atom. The topological polar surface area (TPSA) is 97.4 Å². The van der Waals surface area contributed by atoms with Crippen molar-refractivity contribution in [3.63, 3.8) is 0 Å². The third-order valence-electron chi connectivity index (χ3n) is 7.38. The van der Waals surface area contributed by atoms with Gasteiger partial charge in [0.2, 0.25) is 0 Å². The number of imidazole rings is 1. The van der Waals surface area contributed by atoms with E-state index in [2.05, 4.69) is 14.7 Å². The fourth-order valence-electron chi connectivity index (χ4n) is 5.53. The van der Waals surface area contributed by atoms with E-state index in [1.165, 1.54) is 19.1 Å². The molecule has 0 bridgehead atoms. The SMILES string of the molecule is CC(=O)O[C@H]1CC[C@H](c2nc3c(C4CCN(C(=O)c5ccc(OC(F)(F)F)cc5)CC4)ccnc3[nH]2)CC1. The molecule has 2 aromatic heterocycles. The van der Waals surface area contributed by atoms with E-state index in [-0.39, 0.29) is 35.6 Å². The van der Waals surface area contributed by atoms with Crippen molar-refractivity contribution < 1.29 is 32.2 Å². The molecule has 202 valence electrons. The molecule has 1 aliphatic carbocycles. The van der Waals surface area contributed by atoms with E-state index in [9.17, 15) is 22.8 Å². The lowest BCUT2D eigenvalue weighted by molar-refractivity contribution is -0.274. The van der Waals surface area contributed by atoms with Crippen LogP contribution >= 0.6 is 0 Å². The van der Waals surface area contributed by atoms with Gasteiger partial charge in [-0.25, -0.2) is 9.97 Å². The van der Waals surface area contributed by atoms with Gasteiger partial charge in [0.15, 0.2) is 5.65 Å². The predicted octanol–water partition coefficient (Wildman–Crippen LogP) is 5.47. The number of rotatable bonds is 5. The highest BCUT2D eigenvalue weighted by Crippen LogP contribution is 2.36. The van der Waals surface area contributed by atoms with Crippen molar-refractivity contribution in [2.45, 2.75) is 69.8 Å². The number of carbonyl (C=O) groups is 2. The third-order valence-corrected chi connectivity index (χ3v) is 7.38. The number of fused-ring (bicyclic) bond motifs is 1. The molecule has 0 radical (unpaired) electrons. The summed E-state index contributed by atoms with van der Waals surface area (Å²) < 4.78 is 46.4. The van der Waals surface area contributed by atoms with E-state index in [1.54, 1.807) is 11.1 Å². The monoisotopic (exact) mass is 530 g/mol. The molecule has 3 heterocycles. The molecule has 3 aromatic rings. The molecule has 1 amide bonds. The highest BCUT2D eigenvalue weighted by Gasteiger charge is 2.32. The molecule has 11 heteroatoms. The molecule has 0 atom stereocenters. The van der Waals surface area contributed by atoms with E-state index < -0.39 is 6.36 Å². The molecule has 0 spiro atoms. The fourth-order valence-corrected chi connectivity index (χ4v) is 5.53. The van der Waals surface area contributed by atoms with Crippen LogP contribution in [0.15, 0.2) is 36.5 Å². The van der Waals surface area contributed by atoms with Gasteiger partial charge in [0.1, 0.15) is 23.2 Å². The van der Waals surface area contributed by atoms with Gasteiger partial charge in [0.05, 0.1) is 0 Å². The summed E-state index contributed by atoms with van der Waals surface area (Å²) in [5.74, 6) is 0.566. The standard InChI is InChI=1S/C27H29F3N4O4/c1-16(35)37-20-6-2-18(3-7-20)24-32-23-22(10-13-31-25(23)33-24)17-11-14-34(15-12-17)26(36)19-4-8-21(9-5-19)38-27(28,29)30/h4-5,8-10,13,17-18,20H,2-3,6-7,11-12,14-15H2,1H3,(H,31,32,33)/t18-,20-. The normalized spacial score (nSPS) is 20.9. The number of aromatic nitrogens is 3. The largest absolute Gasteiger partial charge is 0.573 e. The minimum atomic E-state index is -4.77. The lowest BCUT2D eigenvalue weighted by Gasteiger charge is -2.32. The highest BCUT2D eigenvalue weighted by atomic mass is 19.4. The summed E-state index contributed by atoms with van der Waals surface area (Å²) in [6, 6.07) is 7.00. The number of ether oxygens (including phenoxy) is 2. The van der Waals surface area contributed by atoms with Gasteiger partial charge in [-0.15, -0.1) is 13.2 Å².